The average molecular weight is 370 g/mol. The Morgan fingerprint density at radius 3 is 2.56 bits per heavy atom. The monoisotopic (exact) mass is 370 g/mol. The van der Waals surface area contributed by atoms with E-state index in [1.807, 2.05) is 48.9 Å². The Labute approximate surface area is 156 Å². The largest absolute Gasteiger partial charge is 0.351 e. The Morgan fingerprint density at radius 2 is 1.93 bits per heavy atom. The van der Waals surface area contributed by atoms with Crippen molar-refractivity contribution in [2.24, 2.45) is 0 Å². The molecule has 0 fully saturated rings. The van der Waals surface area contributed by atoms with E-state index in [1.54, 1.807) is 18.7 Å². The number of anilines is 1. The molecule has 9 nitrogen and oxygen atoms in total. The van der Waals surface area contributed by atoms with Crippen LogP contribution in [0.25, 0.3) is 5.69 Å². The van der Waals surface area contributed by atoms with E-state index in [2.05, 4.69) is 20.6 Å². The maximum absolute atomic E-state index is 12.4. The summed E-state index contributed by atoms with van der Waals surface area (Å²) in [5, 5.41) is 10.7. The molecule has 0 saturated heterocycles. The summed E-state index contributed by atoms with van der Waals surface area (Å²) >= 11 is 0. The molecule has 2 aromatic heterocycles. The molecule has 2 heterocycles. The summed E-state index contributed by atoms with van der Waals surface area (Å²) in [5.41, 5.74) is 1.84. The summed E-state index contributed by atoms with van der Waals surface area (Å²) in [6.45, 7) is 5.21. The van der Waals surface area contributed by atoms with Crippen molar-refractivity contribution < 1.29 is 14.3 Å². The van der Waals surface area contributed by atoms with E-state index in [0.29, 0.717) is 25.4 Å². The maximum atomic E-state index is 12.4. The number of nitrogens with zero attached hydrogens (tertiary/aromatic N) is 5. The van der Waals surface area contributed by atoms with Crippen LogP contribution in [0.4, 0.5) is 5.69 Å². The number of carbonyl (C=O) groups is 1. The first-order valence-electron chi connectivity index (χ1n) is 8.72. The number of hydrogen-bond donors (Lipinski definition) is 1. The molecular formula is C18H22N6O3. The van der Waals surface area contributed by atoms with Crippen LogP contribution < -0.4 is 5.32 Å². The number of hydrogen-bond acceptors (Lipinski definition) is 6. The van der Waals surface area contributed by atoms with E-state index in [4.69, 9.17) is 9.47 Å². The summed E-state index contributed by atoms with van der Waals surface area (Å²) in [6.07, 6.45) is 6.42. The van der Waals surface area contributed by atoms with Crippen LogP contribution >= 0.6 is 0 Å². The van der Waals surface area contributed by atoms with Crippen molar-refractivity contribution in [3.8, 4) is 5.69 Å². The van der Waals surface area contributed by atoms with Gasteiger partial charge < -0.3 is 19.4 Å². The van der Waals surface area contributed by atoms with Crippen molar-refractivity contribution in [1.82, 2.24) is 24.5 Å². The van der Waals surface area contributed by atoms with Crippen molar-refractivity contribution in [2.45, 2.75) is 26.7 Å². The minimum Gasteiger partial charge on any atom is -0.351 e. The number of nitrogens with one attached hydrogen (secondary N) is 1. The Hall–Kier alpha value is -3.04. The van der Waals surface area contributed by atoms with Gasteiger partial charge in [-0.05, 0) is 38.1 Å². The van der Waals surface area contributed by atoms with Gasteiger partial charge in [-0.15, -0.1) is 5.10 Å². The highest BCUT2D eigenvalue weighted by atomic mass is 16.7. The molecule has 0 atom stereocenters. The van der Waals surface area contributed by atoms with Crippen LogP contribution in [0.15, 0.2) is 49.2 Å². The van der Waals surface area contributed by atoms with Crippen LogP contribution in [0.3, 0.4) is 0 Å². The highest BCUT2D eigenvalue weighted by Crippen LogP contribution is 2.14. The van der Waals surface area contributed by atoms with Crippen LogP contribution in [0.1, 0.15) is 24.3 Å². The molecule has 142 valence electrons. The second kappa shape index (κ2) is 9.06. The van der Waals surface area contributed by atoms with E-state index in [0.717, 1.165) is 5.69 Å². The van der Waals surface area contributed by atoms with E-state index >= 15 is 0 Å². The van der Waals surface area contributed by atoms with Crippen molar-refractivity contribution in [2.75, 3.05) is 18.5 Å². The lowest BCUT2D eigenvalue weighted by molar-refractivity contribution is -0.145. The van der Waals surface area contributed by atoms with E-state index in [9.17, 15) is 4.79 Å². The molecule has 1 N–H and O–H groups in total. The molecule has 9 heteroatoms. The molecule has 0 aliphatic rings. The molecule has 0 radical (unpaired) electrons. The standard InChI is InChI=1S/C18H22N6O3/c1-3-26-17(27-4-2)12-24-11-16(21-22-24)18(25)20-14-5-7-15(8-6-14)23-10-9-19-13-23/h5-11,13,17H,3-4,12H2,1-2H3,(H,20,25). The molecule has 1 amide bonds. The van der Waals surface area contributed by atoms with Gasteiger partial charge in [0.25, 0.3) is 5.91 Å². The molecule has 27 heavy (non-hydrogen) atoms. The number of benzene rings is 1. The lowest BCUT2D eigenvalue weighted by Gasteiger charge is -2.16. The summed E-state index contributed by atoms with van der Waals surface area (Å²) in [4.78, 5) is 16.4. The normalized spacial score (nSPS) is 11.1. The topological polar surface area (TPSA) is 96.1 Å². The van der Waals surface area contributed by atoms with Gasteiger partial charge in [0.1, 0.15) is 0 Å². The zero-order valence-corrected chi connectivity index (χ0v) is 15.3. The zero-order chi connectivity index (χ0) is 19.1. The average Bonchev–Trinajstić information content (AvgIpc) is 3.35. The number of carbonyl (C=O) groups excluding carboxylic acids is 1. The molecular weight excluding hydrogens is 348 g/mol. The van der Waals surface area contributed by atoms with E-state index in [-0.39, 0.29) is 11.6 Å². The fourth-order valence-corrected chi connectivity index (χ4v) is 2.49. The minimum absolute atomic E-state index is 0.223. The van der Waals surface area contributed by atoms with Crippen LogP contribution in [0.5, 0.6) is 0 Å². The third kappa shape index (κ3) is 4.99. The molecule has 3 aromatic rings. The molecule has 0 unspecified atom stereocenters. The van der Waals surface area contributed by atoms with Gasteiger partial charge in [0, 0.05) is 37.0 Å². The van der Waals surface area contributed by atoms with Gasteiger partial charge in [-0.25, -0.2) is 9.67 Å². The van der Waals surface area contributed by atoms with Gasteiger partial charge in [-0.3, -0.25) is 4.79 Å². The van der Waals surface area contributed by atoms with E-state index < -0.39 is 6.29 Å². The van der Waals surface area contributed by atoms with Gasteiger partial charge in [-0.1, -0.05) is 5.21 Å². The SMILES string of the molecule is CCOC(Cn1cc(C(=O)Nc2ccc(-n3ccnc3)cc2)nn1)OCC. The summed E-state index contributed by atoms with van der Waals surface area (Å²) in [5.74, 6) is -0.332. The third-order valence-corrected chi connectivity index (χ3v) is 3.74. The number of rotatable bonds is 9. The molecule has 0 spiro atoms. The second-order valence-electron chi connectivity index (χ2n) is 5.64. The first kappa shape index (κ1) is 18.7. The van der Waals surface area contributed by atoms with Crippen molar-refractivity contribution in [3.63, 3.8) is 0 Å². The van der Waals surface area contributed by atoms with Crippen molar-refractivity contribution in [3.05, 3.63) is 54.9 Å². The van der Waals surface area contributed by atoms with Gasteiger partial charge in [0.15, 0.2) is 12.0 Å². The van der Waals surface area contributed by atoms with Gasteiger partial charge in [0.2, 0.25) is 0 Å². The lowest BCUT2D eigenvalue weighted by Crippen LogP contribution is -2.24. The predicted molar refractivity (Wildman–Crippen MR) is 98.6 cm³/mol. The molecule has 0 bridgehead atoms. The summed E-state index contributed by atoms with van der Waals surface area (Å²) < 4.78 is 14.4. The van der Waals surface area contributed by atoms with Crippen molar-refractivity contribution in [1.29, 1.82) is 0 Å². The summed E-state index contributed by atoms with van der Waals surface area (Å²) in [7, 11) is 0. The van der Waals surface area contributed by atoms with Crippen LogP contribution in [-0.2, 0) is 16.0 Å². The number of ether oxygens (including phenoxy) is 2. The minimum atomic E-state index is -0.423. The van der Waals surface area contributed by atoms with Crippen LogP contribution in [0.2, 0.25) is 0 Å². The Kier molecular flexibility index (Phi) is 6.29. The Balaban J connectivity index is 1.60. The highest BCUT2D eigenvalue weighted by Gasteiger charge is 2.14. The smallest absolute Gasteiger partial charge is 0.277 e. The first-order chi connectivity index (χ1) is 13.2. The predicted octanol–water partition coefficient (Wildman–Crippen LogP) is 2.12. The second-order valence-corrected chi connectivity index (χ2v) is 5.64. The van der Waals surface area contributed by atoms with E-state index in [1.165, 1.54) is 4.68 Å². The Morgan fingerprint density at radius 1 is 1.19 bits per heavy atom. The fraction of sp³-hybridized carbons (Fsp3) is 0.333. The molecule has 3 rings (SSSR count). The molecule has 0 saturated carbocycles. The van der Waals surface area contributed by atoms with Crippen LogP contribution in [-0.4, -0.2) is 50.0 Å². The third-order valence-electron chi connectivity index (χ3n) is 3.74. The zero-order valence-electron chi connectivity index (χ0n) is 15.3. The van der Waals surface area contributed by atoms with Gasteiger partial charge in [0.05, 0.1) is 19.1 Å². The molecule has 0 aliphatic carbocycles. The number of amides is 1. The van der Waals surface area contributed by atoms with Crippen molar-refractivity contribution >= 4 is 11.6 Å². The Bertz CT molecular complexity index is 838. The first-order valence-corrected chi connectivity index (χ1v) is 8.72. The van der Waals surface area contributed by atoms with Gasteiger partial charge >= 0.3 is 0 Å². The molecule has 1 aromatic carbocycles. The highest BCUT2D eigenvalue weighted by molar-refractivity contribution is 6.02. The molecule has 0 aliphatic heterocycles. The lowest BCUT2D eigenvalue weighted by atomic mass is 10.2. The quantitative estimate of drug-likeness (QED) is 0.580. The van der Waals surface area contributed by atoms with Gasteiger partial charge in [-0.2, -0.15) is 0 Å². The van der Waals surface area contributed by atoms with Crippen LogP contribution in [0, 0.1) is 0 Å². The number of imidazole rings is 1. The number of aromatic nitrogens is 5. The fourth-order valence-electron chi connectivity index (χ4n) is 2.49. The maximum Gasteiger partial charge on any atom is 0.277 e. The summed E-state index contributed by atoms with van der Waals surface area (Å²) in [6, 6.07) is 7.42.